The predicted molar refractivity (Wildman–Crippen MR) is 80.1 cm³/mol. The Morgan fingerprint density at radius 3 is 3.05 bits per heavy atom. The highest BCUT2D eigenvalue weighted by Gasteiger charge is 2.13. The summed E-state index contributed by atoms with van der Waals surface area (Å²) in [6, 6.07) is 8.69. The number of aromatic nitrogens is 3. The zero-order chi connectivity index (χ0) is 15.9. The molecule has 0 saturated heterocycles. The number of hydrogen-bond donors (Lipinski definition) is 2. The first-order valence-corrected chi connectivity index (χ1v) is 7.02. The van der Waals surface area contributed by atoms with Crippen LogP contribution in [-0.4, -0.2) is 32.9 Å². The SMILES string of the molecule is Cc1nc(S/C(=C\c2cccc(OCC#N)c2)C(=O)O)n[nH]1. The quantitative estimate of drug-likeness (QED) is 0.620. The lowest BCUT2D eigenvalue weighted by Gasteiger charge is -2.03. The van der Waals surface area contributed by atoms with Crippen LogP contribution >= 0.6 is 11.8 Å². The van der Waals surface area contributed by atoms with Gasteiger partial charge in [0.1, 0.15) is 22.5 Å². The summed E-state index contributed by atoms with van der Waals surface area (Å²) in [6.07, 6.45) is 1.50. The number of H-pyrrole nitrogens is 1. The smallest absolute Gasteiger partial charge is 0.342 e. The van der Waals surface area contributed by atoms with E-state index >= 15 is 0 Å². The topological polar surface area (TPSA) is 112 Å². The highest BCUT2D eigenvalue weighted by atomic mass is 32.2. The summed E-state index contributed by atoms with van der Waals surface area (Å²) in [5.41, 5.74) is 0.646. The van der Waals surface area contributed by atoms with Crippen molar-refractivity contribution in [3.05, 3.63) is 40.6 Å². The monoisotopic (exact) mass is 316 g/mol. The Hall–Kier alpha value is -2.79. The molecule has 2 rings (SSSR count). The maximum absolute atomic E-state index is 11.3. The van der Waals surface area contributed by atoms with Crippen LogP contribution in [-0.2, 0) is 4.79 Å². The molecule has 112 valence electrons. The van der Waals surface area contributed by atoms with Crippen LogP contribution in [0.1, 0.15) is 11.4 Å². The Balaban J connectivity index is 2.22. The molecule has 1 aromatic heterocycles. The fourth-order valence-corrected chi connectivity index (χ4v) is 2.32. The van der Waals surface area contributed by atoms with Crippen LogP contribution in [0.5, 0.6) is 5.75 Å². The van der Waals surface area contributed by atoms with E-state index in [1.165, 1.54) is 6.08 Å². The van der Waals surface area contributed by atoms with Gasteiger partial charge in [-0.1, -0.05) is 12.1 Å². The number of hydrogen-bond acceptors (Lipinski definition) is 6. The molecule has 2 N–H and O–H groups in total. The molecule has 0 fully saturated rings. The van der Waals surface area contributed by atoms with Gasteiger partial charge in [-0.25, -0.2) is 9.78 Å². The number of benzene rings is 1. The highest BCUT2D eigenvalue weighted by Crippen LogP contribution is 2.26. The zero-order valence-electron chi connectivity index (χ0n) is 11.6. The minimum Gasteiger partial charge on any atom is -0.479 e. The molecule has 0 amide bonds. The van der Waals surface area contributed by atoms with E-state index in [9.17, 15) is 9.90 Å². The summed E-state index contributed by atoms with van der Waals surface area (Å²) >= 11 is 0.951. The van der Waals surface area contributed by atoms with Crippen molar-refractivity contribution in [2.24, 2.45) is 0 Å². The summed E-state index contributed by atoms with van der Waals surface area (Å²) in [6.45, 7) is 1.67. The Morgan fingerprint density at radius 2 is 2.41 bits per heavy atom. The number of nitrogens with one attached hydrogen (secondary N) is 1. The van der Waals surface area contributed by atoms with Crippen LogP contribution in [0.15, 0.2) is 34.3 Å². The molecule has 0 saturated carbocycles. The molecular weight excluding hydrogens is 304 g/mol. The van der Waals surface area contributed by atoms with E-state index in [1.54, 1.807) is 31.2 Å². The first-order valence-electron chi connectivity index (χ1n) is 6.20. The number of rotatable bonds is 6. The average Bonchev–Trinajstić information content (AvgIpc) is 2.90. The Kier molecular flexibility index (Phi) is 5.16. The van der Waals surface area contributed by atoms with E-state index in [1.807, 2.05) is 6.07 Å². The Morgan fingerprint density at radius 1 is 1.59 bits per heavy atom. The molecule has 22 heavy (non-hydrogen) atoms. The van der Waals surface area contributed by atoms with Gasteiger partial charge in [-0.3, -0.25) is 5.10 Å². The van der Waals surface area contributed by atoms with Crippen molar-refractivity contribution in [2.75, 3.05) is 6.61 Å². The summed E-state index contributed by atoms with van der Waals surface area (Å²) in [7, 11) is 0. The molecule has 1 aromatic carbocycles. The van der Waals surface area contributed by atoms with Crippen LogP contribution in [0.2, 0.25) is 0 Å². The van der Waals surface area contributed by atoms with Gasteiger partial charge in [-0.15, -0.1) is 5.10 Å². The van der Waals surface area contributed by atoms with Crippen molar-refractivity contribution in [3.63, 3.8) is 0 Å². The van der Waals surface area contributed by atoms with E-state index in [4.69, 9.17) is 10.00 Å². The first kappa shape index (κ1) is 15.6. The van der Waals surface area contributed by atoms with Crippen molar-refractivity contribution >= 4 is 23.8 Å². The van der Waals surface area contributed by atoms with Crippen LogP contribution < -0.4 is 4.74 Å². The molecule has 0 aliphatic heterocycles. The Labute approximate surface area is 130 Å². The van der Waals surface area contributed by atoms with E-state index in [0.29, 0.717) is 22.3 Å². The predicted octanol–water partition coefficient (Wildman–Crippen LogP) is 2.23. The fourth-order valence-electron chi connectivity index (χ4n) is 1.56. The van der Waals surface area contributed by atoms with Crippen LogP contribution in [0.3, 0.4) is 0 Å². The second kappa shape index (κ2) is 7.28. The van der Waals surface area contributed by atoms with Gasteiger partial charge in [0.2, 0.25) is 5.16 Å². The van der Waals surface area contributed by atoms with Crippen molar-refractivity contribution in [1.82, 2.24) is 15.2 Å². The molecule has 8 heteroatoms. The summed E-state index contributed by atoms with van der Waals surface area (Å²) < 4.78 is 5.19. The molecule has 2 aromatic rings. The lowest BCUT2D eigenvalue weighted by atomic mass is 10.2. The second-order valence-corrected chi connectivity index (χ2v) is 5.15. The van der Waals surface area contributed by atoms with Gasteiger partial charge in [0.05, 0.1) is 0 Å². The van der Waals surface area contributed by atoms with Crippen LogP contribution in [0.4, 0.5) is 0 Å². The largest absolute Gasteiger partial charge is 0.479 e. The number of thioether (sulfide) groups is 1. The number of nitriles is 1. The number of carboxylic acid groups (broad SMARTS) is 1. The zero-order valence-corrected chi connectivity index (χ0v) is 12.4. The minimum atomic E-state index is -1.07. The van der Waals surface area contributed by atoms with Crippen LogP contribution in [0.25, 0.3) is 6.08 Å². The van der Waals surface area contributed by atoms with Crippen LogP contribution in [0, 0.1) is 18.3 Å². The molecule has 0 aliphatic carbocycles. The van der Waals surface area contributed by atoms with Gasteiger partial charge in [0.25, 0.3) is 0 Å². The first-order chi connectivity index (χ1) is 10.6. The number of aromatic amines is 1. The molecule has 0 unspecified atom stereocenters. The second-order valence-electron chi connectivity index (χ2n) is 4.14. The molecule has 0 aliphatic rings. The molecule has 7 nitrogen and oxygen atoms in total. The van der Waals surface area contributed by atoms with Gasteiger partial charge in [0, 0.05) is 0 Å². The fraction of sp³-hybridized carbons (Fsp3) is 0.143. The number of carboxylic acids is 1. The standard InChI is InChI=1S/C14H12N4O3S/c1-9-16-14(18-17-9)22-12(13(19)20)8-10-3-2-4-11(7-10)21-6-5-15/h2-4,7-8H,6H2,1H3,(H,19,20)(H,16,17,18)/b12-8-. The van der Waals surface area contributed by atoms with Crippen molar-refractivity contribution in [1.29, 1.82) is 5.26 Å². The summed E-state index contributed by atoms with van der Waals surface area (Å²) in [5, 5.41) is 24.7. The maximum Gasteiger partial charge on any atom is 0.342 e. The number of aliphatic carboxylic acids is 1. The summed E-state index contributed by atoms with van der Waals surface area (Å²) in [5.74, 6) is 0.0358. The normalized spacial score (nSPS) is 11.0. The third kappa shape index (κ3) is 4.36. The van der Waals surface area contributed by atoms with Gasteiger partial charge in [0.15, 0.2) is 6.61 Å². The molecule has 0 spiro atoms. The maximum atomic E-state index is 11.3. The third-order valence-electron chi connectivity index (χ3n) is 2.45. The van der Waals surface area contributed by atoms with Gasteiger partial charge in [-0.2, -0.15) is 5.26 Å². The molecule has 0 radical (unpaired) electrons. The van der Waals surface area contributed by atoms with E-state index in [-0.39, 0.29) is 11.5 Å². The van der Waals surface area contributed by atoms with Gasteiger partial charge in [-0.05, 0) is 42.5 Å². The van der Waals surface area contributed by atoms with E-state index in [0.717, 1.165) is 11.8 Å². The van der Waals surface area contributed by atoms with E-state index in [2.05, 4.69) is 15.2 Å². The molecule has 0 bridgehead atoms. The van der Waals surface area contributed by atoms with Gasteiger partial charge < -0.3 is 9.84 Å². The number of aryl methyl sites for hydroxylation is 1. The van der Waals surface area contributed by atoms with Crippen molar-refractivity contribution in [2.45, 2.75) is 12.1 Å². The number of carbonyl (C=O) groups is 1. The minimum absolute atomic E-state index is 0.0653. The lowest BCUT2D eigenvalue weighted by Crippen LogP contribution is -1.98. The van der Waals surface area contributed by atoms with E-state index < -0.39 is 5.97 Å². The van der Waals surface area contributed by atoms with Crippen molar-refractivity contribution < 1.29 is 14.6 Å². The van der Waals surface area contributed by atoms with Gasteiger partial charge >= 0.3 is 5.97 Å². The third-order valence-corrected chi connectivity index (χ3v) is 3.33. The number of nitrogens with zero attached hydrogens (tertiary/aromatic N) is 3. The molecule has 1 heterocycles. The van der Waals surface area contributed by atoms with Crippen molar-refractivity contribution in [3.8, 4) is 11.8 Å². The Bertz CT molecular complexity index is 749. The average molecular weight is 316 g/mol. The lowest BCUT2D eigenvalue weighted by molar-refractivity contribution is -0.131. The number of ether oxygens (including phenoxy) is 1. The molecule has 0 atom stereocenters. The highest BCUT2D eigenvalue weighted by molar-refractivity contribution is 8.04. The summed E-state index contributed by atoms with van der Waals surface area (Å²) in [4.78, 5) is 15.5. The molecular formula is C14H12N4O3S.